The quantitative estimate of drug-likeness (QED) is 0.772. The van der Waals surface area contributed by atoms with Crippen LogP contribution in [0.4, 0.5) is 10.3 Å². The van der Waals surface area contributed by atoms with Gasteiger partial charge in [-0.05, 0) is 25.1 Å². The van der Waals surface area contributed by atoms with E-state index in [9.17, 15) is 4.39 Å². The van der Waals surface area contributed by atoms with E-state index in [0.717, 1.165) is 10.6 Å². The Labute approximate surface area is 107 Å². The minimum absolute atomic E-state index is 0.287. The van der Waals surface area contributed by atoms with E-state index < -0.39 is 0 Å². The maximum Gasteiger partial charge on any atom is 0.201 e. The summed E-state index contributed by atoms with van der Waals surface area (Å²) in [7, 11) is 0. The van der Waals surface area contributed by atoms with Gasteiger partial charge in [0.2, 0.25) is 5.95 Å². The molecule has 2 aromatic heterocycles. The first kappa shape index (κ1) is 11.2. The lowest BCUT2D eigenvalue weighted by Crippen LogP contribution is -2.04. The van der Waals surface area contributed by atoms with Crippen LogP contribution in [-0.2, 0) is 6.54 Å². The second-order valence-corrected chi connectivity index (χ2v) is 4.99. The summed E-state index contributed by atoms with van der Waals surface area (Å²) in [4.78, 5) is 9.52. The molecule has 0 aliphatic carbocycles. The van der Waals surface area contributed by atoms with Crippen LogP contribution < -0.4 is 5.73 Å². The van der Waals surface area contributed by atoms with E-state index in [1.807, 2.05) is 6.92 Å². The Hall–Kier alpha value is -1.95. The fourth-order valence-electron chi connectivity index (χ4n) is 1.90. The number of anilines is 1. The van der Waals surface area contributed by atoms with Gasteiger partial charge in [0, 0.05) is 4.88 Å². The number of imidazole rings is 1. The molecule has 0 bridgehead atoms. The van der Waals surface area contributed by atoms with Gasteiger partial charge < -0.3 is 10.3 Å². The van der Waals surface area contributed by atoms with E-state index in [-0.39, 0.29) is 5.82 Å². The molecule has 0 amide bonds. The van der Waals surface area contributed by atoms with Gasteiger partial charge in [-0.25, -0.2) is 14.4 Å². The number of nitrogens with zero attached hydrogens (tertiary/aromatic N) is 3. The smallest absolute Gasteiger partial charge is 0.201 e. The summed E-state index contributed by atoms with van der Waals surface area (Å²) in [5.74, 6) is 0.105. The maximum absolute atomic E-state index is 13.3. The first-order chi connectivity index (χ1) is 8.65. The number of benzene rings is 1. The monoisotopic (exact) mass is 262 g/mol. The van der Waals surface area contributed by atoms with Gasteiger partial charge in [-0.15, -0.1) is 11.3 Å². The SMILES string of the molecule is Cc1ncsc1Cn1c(N)nc2ccc(F)cc21. The zero-order valence-corrected chi connectivity index (χ0v) is 10.5. The van der Waals surface area contributed by atoms with E-state index in [1.54, 1.807) is 27.5 Å². The van der Waals surface area contributed by atoms with Crippen molar-refractivity contribution < 1.29 is 4.39 Å². The molecular weight excluding hydrogens is 251 g/mol. The minimum atomic E-state index is -0.287. The van der Waals surface area contributed by atoms with Crippen molar-refractivity contribution in [3.05, 3.63) is 40.1 Å². The van der Waals surface area contributed by atoms with Crippen molar-refractivity contribution in [3.63, 3.8) is 0 Å². The molecule has 2 heterocycles. The second-order valence-electron chi connectivity index (χ2n) is 4.05. The average molecular weight is 262 g/mol. The minimum Gasteiger partial charge on any atom is -0.369 e. The van der Waals surface area contributed by atoms with Crippen LogP contribution in [0.15, 0.2) is 23.7 Å². The average Bonchev–Trinajstić information content (AvgIpc) is 2.86. The Balaban J connectivity index is 2.13. The van der Waals surface area contributed by atoms with E-state index in [4.69, 9.17) is 5.73 Å². The zero-order valence-electron chi connectivity index (χ0n) is 9.72. The summed E-state index contributed by atoms with van der Waals surface area (Å²) in [6.07, 6.45) is 0. The molecule has 0 aliphatic rings. The van der Waals surface area contributed by atoms with Crippen LogP contribution in [0.3, 0.4) is 0 Å². The van der Waals surface area contributed by atoms with Crippen molar-refractivity contribution in [1.82, 2.24) is 14.5 Å². The first-order valence-electron chi connectivity index (χ1n) is 5.45. The van der Waals surface area contributed by atoms with Crippen LogP contribution >= 0.6 is 11.3 Å². The molecule has 1 aromatic carbocycles. The Bertz CT molecular complexity index is 716. The summed E-state index contributed by atoms with van der Waals surface area (Å²) < 4.78 is 15.1. The van der Waals surface area contributed by atoms with Crippen molar-refractivity contribution in [2.75, 3.05) is 5.73 Å². The summed E-state index contributed by atoms with van der Waals surface area (Å²) in [5.41, 5.74) is 10.1. The van der Waals surface area contributed by atoms with Gasteiger partial charge in [-0.2, -0.15) is 0 Å². The second kappa shape index (κ2) is 4.06. The molecule has 0 unspecified atom stereocenters. The number of nitrogen functional groups attached to an aromatic ring is 1. The van der Waals surface area contributed by atoms with Gasteiger partial charge in [0.05, 0.1) is 28.8 Å². The molecule has 0 aliphatic heterocycles. The highest BCUT2D eigenvalue weighted by molar-refractivity contribution is 7.09. The molecular formula is C12H11FN4S. The molecule has 0 fully saturated rings. The topological polar surface area (TPSA) is 56.7 Å². The van der Waals surface area contributed by atoms with Gasteiger partial charge in [0.1, 0.15) is 5.82 Å². The Morgan fingerprint density at radius 3 is 3.00 bits per heavy atom. The summed E-state index contributed by atoms with van der Waals surface area (Å²) in [6.45, 7) is 2.52. The third kappa shape index (κ3) is 1.74. The fourth-order valence-corrected chi connectivity index (χ4v) is 2.67. The molecule has 0 radical (unpaired) electrons. The van der Waals surface area contributed by atoms with Gasteiger partial charge in [-0.3, -0.25) is 0 Å². The summed E-state index contributed by atoms with van der Waals surface area (Å²) >= 11 is 1.56. The Kier molecular flexibility index (Phi) is 2.52. The predicted octanol–water partition coefficient (Wildman–Crippen LogP) is 2.57. The molecule has 4 nitrogen and oxygen atoms in total. The number of aromatic nitrogens is 3. The van der Waals surface area contributed by atoms with Crippen LogP contribution in [0, 0.1) is 12.7 Å². The van der Waals surface area contributed by atoms with Crippen LogP contribution in [0.2, 0.25) is 0 Å². The van der Waals surface area contributed by atoms with Gasteiger partial charge in [0.25, 0.3) is 0 Å². The first-order valence-corrected chi connectivity index (χ1v) is 6.33. The summed E-state index contributed by atoms with van der Waals surface area (Å²) in [5, 5.41) is 0. The number of hydrogen-bond donors (Lipinski definition) is 1. The van der Waals surface area contributed by atoms with Gasteiger partial charge in [-0.1, -0.05) is 0 Å². The highest BCUT2D eigenvalue weighted by Crippen LogP contribution is 2.22. The summed E-state index contributed by atoms with van der Waals surface area (Å²) in [6, 6.07) is 4.48. The van der Waals surface area contributed by atoms with Crippen molar-refractivity contribution in [2.45, 2.75) is 13.5 Å². The molecule has 0 atom stereocenters. The third-order valence-corrected chi connectivity index (χ3v) is 3.81. The van der Waals surface area contributed by atoms with E-state index in [0.29, 0.717) is 23.5 Å². The normalized spacial score (nSPS) is 11.2. The number of thiazole rings is 1. The molecule has 3 aromatic rings. The van der Waals surface area contributed by atoms with Crippen LogP contribution in [0.5, 0.6) is 0 Å². The lowest BCUT2D eigenvalue weighted by molar-refractivity contribution is 0.628. The standard InChI is InChI=1S/C12H11FN4S/c1-7-11(18-6-15-7)5-17-10-4-8(13)2-3-9(10)16-12(17)14/h2-4,6H,5H2,1H3,(H2,14,16). The zero-order chi connectivity index (χ0) is 12.7. The fraction of sp³-hybridized carbons (Fsp3) is 0.167. The highest BCUT2D eigenvalue weighted by Gasteiger charge is 2.11. The van der Waals surface area contributed by atoms with E-state index >= 15 is 0 Å². The van der Waals surface area contributed by atoms with E-state index in [1.165, 1.54) is 12.1 Å². The molecule has 0 saturated heterocycles. The maximum atomic E-state index is 13.3. The van der Waals surface area contributed by atoms with Gasteiger partial charge in [0.15, 0.2) is 0 Å². The number of hydrogen-bond acceptors (Lipinski definition) is 4. The largest absolute Gasteiger partial charge is 0.369 e. The molecule has 0 saturated carbocycles. The van der Waals surface area contributed by atoms with Crippen LogP contribution in [-0.4, -0.2) is 14.5 Å². The molecule has 92 valence electrons. The van der Waals surface area contributed by atoms with Crippen molar-refractivity contribution in [2.24, 2.45) is 0 Å². The van der Waals surface area contributed by atoms with Crippen molar-refractivity contribution in [1.29, 1.82) is 0 Å². The Morgan fingerprint density at radius 2 is 2.28 bits per heavy atom. The predicted molar refractivity (Wildman–Crippen MR) is 70.1 cm³/mol. The lowest BCUT2D eigenvalue weighted by atomic mass is 10.3. The van der Waals surface area contributed by atoms with Crippen molar-refractivity contribution >= 4 is 28.3 Å². The number of nitrogens with two attached hydrogens (primary N) is 1. The van der Waals surface area contributed by atoms with Crippen molar-refractivity contribution in [3.8, 4) is 0 Å². The number of rotatable bonds is 2. The molecule has 2 N–H and O–H groups in total. The van der Waals surface area contributed by atoms with Gasteiger partial charge >= 0.3 is 0 Å². The van der Waals surface area contributed by atoms with E-state index in [2.05, 4.69) is 9.97 Å². The molecule has 18 heavy (non-hydrogen) atoms. The number of halogens is 1. The Morgan fingerprint density at radius 1 is 1.44 bits per heavy atom. The molecule has 6 heteroatoms. The molecule has 3 rings (SSSR count). The van der Waals surface area contributed by atoms with Crippen LogP contribution in [0.25, 0.3) is 11.0 Å². The molecule has 0 spiro atoms. The number of aryl methyl sites for hydroxylation is 1. The lowest BCUT2D eigenvalue weighted by Gasteiger charge is -2.05. The third-order valence-electron chi connectivity index (χ3n) is 2.89. The number of fused-ring (bicyclic) bond motifs is 1. The highest BCUT2D eigenvalue weighted by atomic mass is 32.1. The van der Waals surface area contributed by atoms with Crippen LogP contribution in [0.1, 0.15) is 10.6 Å².